The van der Waals surface area contributed by atoms with E-state index in [4.69, 9.17) is 5.11 Å². The minimum atomic E-state index is -0.968. The van der Waals surface area contributed by atoms with Crippen LogP contribution in [0, 0.1) is 0 Å². The SMILES string of the molecule is NCC(=O)O.[NaH].[NaH].[NaH].[NaH]. The molecule has 9 heavy (non-hydrogen) atoms. The van der Waals surface area contributed by atoms with Gasteiger partial charge in [-0.3, -0.25) is 4.79 Å². The molecule has 0 rings (SSSR count). The zero-order chi connectivity index (χ0) is 4.28. The third kappa shape index (κ3) is 34.5. The molecular weight excluding hydrogens is 162 g/mol. The van der Waals surface area contributed by atoms with Crippen molar-refractivity contribution in [2.75, 3.05) is 6.54 Å². The summed E-state index contributed by atoms with van der Waals surface area (Å²) in [6, 6.07) is 0. The van der Waals surface area contributed by atoms with E-state index in [1.165, 1.54) is 0 Å². The standard InChI is InChI=1S/C2H5NO2.4Na.4H/c3-1-2(4)5;;;;;;;;/h1,3H2,(H,4,5);;;;;;;;. The number of nitrogens with two attached hydrogens (primary N) is 1. The Bertz CT molecular complexity index is 51.8. The molecule has 0 aliphatic heterocycles. The molecular formula is C2H9NNa4O2. The van der Waals surface area contributed by atoms with E-state index in [0.717, 1.165) is 0 Å². The molecule has 0 unspecified atom stereocenters. The van der Waals surface area contributed by atoms with Crippen molar-refractivity contribution in [3.05, 3.63) is 0 Å². The number of rotatable bonds is 1. The maximum absolute atomic E-state index is 9.24. The monoisotopic (exact) mass is 171 g/mol. The number of aliphatic carboxylic acids is 1. The van der Waals surface area contributed by atoms with Crippen LogP contribution >= 0.6 is 0 Å². The van der Waals surface area contributed by atoms with Crippen LogP contribution in [0.3, 0.4) is 0 Å². The van der Waals surface area contributed by atoms with Gasteiger partial charge < -0.3 is 10.8 Å². The van der Waals surface area contributed by atoms with Crippen LogP contribution < -0.4 is 5.73 Å². The first kappa shape index (κ1) is 29.4. The van der Waals surface area contributed by atoms with Gasteiger partial charge in [0.1, 0.15) is 0 Å². The Hall–Kier alpha value is 3.43. The minimum absolute atomic E-state index is 0. The Morgan fingerprint density at radius 3 is 1.33 bits per heavy atom. The summed E-state index contributed by atoms with van der Waals surface area (Å²) >= 11 is 0. The Morgan fingerprint density at radius 1 is 1.22 bits per heavy atom. The maximum atomic E-state index is 9.24. The van der Waals surface area contributed by atoms with Gasteiger partial charge in [0.2, 0.25) is 0 Å². The van der Waals surface area contributed by atoms with Crippen molar-refractivity contribution in [3.63, 3.8) is 0 Å². The number of carbonyl (C=O) groups is 1. The van der Waals surface area contributed by atoms with Gasteiger partial charge in [-0.05, 0) is 0 Å². The molecule has 0 aromatic carbocycles. The van der Waals surface area contributed by atoms with E-state index in [-0.39, 0.29) is 125 Å². The van der Waals surface area contributed by atoms with E-state index >= 15 is 0 Å². The molecule has 7 heteroatoms. The van der Waals surface area contributed by atoms with Crippen molar-refractivity contribution in [2.45, 2.75) is 0 Å². The quantitative estimate of drug-likeness (QED) is 0.401. The topological polar surface area (TPSA) is 63.3 Å². The predicted molar refractivity (Wildman–Crippen MR) is 45.3 cm³/mol. The molecule has 0 aromatic heterocycles. The summed E-state index contributed by atoms with van der Waals surface area (Å²) in [5.41, 5.74) is 4.57. The number of hydrogen-bond acceptors (Lipinski definition) is 2. The molecule has 3 N–H and O–H groups in total. The van der Waals surface area contributed by atoms with Crippen LogP contribution in [0.1, 0.15) is 0 Å². The molecule has 0 saturated heterocycles. The third-order valence-corrected chi connectivity index (χ3v) is 0.175. The summed E-state index contributed by atoms with van der Waals surface area (Å²) in [6.45, 7) is -0.278. The molecule has 0 amide bonds. The fourth-order valence-corrected chi connectivity index (χ4v) is 0. The Kier molecular flexibility index (Phi) is 73.6. The molecule has 0 bridgehead atoms. The van der Waals surface area contributed by atoms with Crippen LogP contribution in [0.4, 0.5) is 0 Å². The molecule has 3 nitrogen and oxygen atoms in total. The van der Waals surface area contributed by atoms with Crippen molar-refractivity contribution >= 4 is 124 Å². The summed E-state index contributed by atoms with van der Waals surface area (Å²) in [5.74, 6) is -0.968. The second-order valence-electron chi connectivity index (χ2n) is 0.598. The summed E-state index contributed by atoms with van der Waals surface area (Å²) in [7, 11) is 0. The summed E-state index contributed by atoms with van der Waals surface area (Å²) in [5, 5.41) is 7.60. The summed E-state index contributed by atoms with van der Waals surface area (Å²) in [4.78, 5) is 9.24. The second kappa shape index (κ2) is 22.5. The van der Waals surface area contributed by atoms with E-state index in [9.17, 15) is 4.79 Å². The van der Waals surface area contributed by atoms with Gasteiger partial charge in [-0.25, -0.2) is 0 Å². The fourth-order valence-electron chi connectivity index (χ4n) is 0. The first-order valence-corrected chi connectivity index (χ1v) is 1.19. The van der Waals surface area contributed by atoms with E-state index < -0.39 is 5.97 Å². The van der Waals surface area contributed by atoms with E-state index in [2.05, 4.69) is 5.73 Å². The molecule has 0 aromatic rings. The van der Waals surface area contributed by atoms with E-state index in [1.807, 2.05) is 0 Å². The zero-order valence-corrected chi connectivity index (χ0v) is 2.64. The Morgan fingerprint density at radius 2 is 1.33 bits per heavy atom. The van der Waals surface area contributed by atoms with Gasteiger partial charge >= 0.3 is 124 Å². The van der Waals surface area contributed by atoms with E-state index in [0.29, 0.717) is 0 Å². The molecule has 0 heterocycles. The van der Waals surface area contributed by atoms with Gasteiger partial charge in [0.25, 0.3) is 0 Å². The zero-order valence-electron chi connectivity index (χ0n) is 2.64. The van der Waals surface area contributed by atoms with Gasteiger partial charge in [0, 0.05) is 0 Å². The molecule has 0 saturated carbocycles. The molecule has 0 aliphatic rings. The first-order chi connectivity index (χ1) is 2.27. The number of carboxylic acids is 1. The number of carboxylic acid groups (broad SMARTS) is 1. The Labute approximate surface area is 143 Å². The van der Waals surface area contributed by atoms with Crippen molar-refractivity contribution in [1.82, 2.24) is 0 Å². The van der Waals surface area contributed by atoms with Gasteiger partial charge in [0.05, 0.1) is 6.54 Å². The predicted octanol–water partition coefficient (Wildman–Crippen LogP) is -3.56. The summed E-state index contributed by atoms with van der Waals surface area (Å²) < 4.78 is 0. The molecule has 38 valence electrons. The molecule has 0 radical (unpaired) electrons. The van der Waals surface area contributed by atoms with Gasteiger partial charge in [-0.2, -0.15) is 0 Å². The van der Waals surface area contributed by atoms with Crippen LogP contribution in [0.2, 0.25) is 0 Å². The van der Waals surface area contributed by atoms with Crippen LogP contribution in [-0.4, -0.2) is 136 Å². The van der Waals surface area contributed by atoms with Crippen LogP contribution in [0.5, 0.6) is 0 Å². The van der Waals surface area contributed by atoms with Crippen molar-refractivity contribution in [1.29, 1.82) is 0 Å². The van der Waals surface area contributed by atoms with Gasteiger partial charge in [-0.15, -0.1) is 0 Å². The van der Waals surface area contributed by atoms with Crippen LogP contribution in [0.25, 0.3) is 0 Å². The number of hydrogen-bond donors (Lipinski definition) is 2. The normalized spacial score (nSPS) is 4.11. The first-order valence-electron chi connectivity index (χ1n) is 1.19. The molecule has 0 aliphatic carbocycles. The second-order valence-corrected chi connectivity index (χ2v) is 0.598. The van der Waals surface area contributed by atoms with Crippen molar-refractivity contribution in [2.24, 2.45) is 5.73 Å². The van der Waals surface area contributed by atoms with Gasteiger partial charge in [-0.1, -0.05) is 0 Å². The van der Waals surface area contributed by atoms with Gasteiger partial charge in [0.15, 0.2) is 0 Å². The van der Waals surface area contributed by atoms with Crippen LogP contribution in [-0.2, 0) is 4.79 Å². The molecule has 0 spiro atoms. The van der Waals surface area contributed by atoms with E-state index in [1.54, 1.807) is 0 Å². The average Bonchev–Trinajstić information content (AvgIpc) is 1.38. The average molecular weight is 171 g/mol. The van der Waals surface area contributed by atoms with Crippen LogP contribution in [0.15, 0.2) is 0 Å². The fraction of sp³-hybridized carbons (Fsp3) is 0.500. The van der Waals surface area contributed by atoms with Crippen molar-refractivity contribution in [3.8, 4) is 0 Å². The molecule has 0 fully saturated rings. The third-order valence-electron chi connectivity index (χ3n) is 0.175. The Balaban J connectivity index is -0.0000000133. The van der Waals surface area contributed by atoms with Crippen molar-refractivity contribution < 1.29 is 9.90 Å². The molecule has 0 atom stereocenters. The summed E-state index contributed by atoms with van der Waals surface area (Å²) in [6.07, 6.45) is 0.